The lowest BCUT2D eigenvalue weighted by atomic mass is 9.96. The van der Waals surface area contributed by atoms with Crippen LogP contribution in [0.1, 0.15) is 48.3 Å². The van der Waals surface area contributed by atoms with Crippen LogP contribution in [0.5, 0.6) is 0 Å². The molecule has 1 saturated heterocycles. The average molecular weight is 396 g/mol. The molecule has 6 heteroatoms. The molecule has 29 heavy (non-hydrogen) atoms. The van der Waals surface area contributed by atoms with Crippen LogP contribution in [0.2, 0.25) is 0 Å². The number of nitrogens with zero attached hydrogens (tertiary/aromatic N) is 3. The summed E-state index contributed by atoms with van der Waals surface area (Å²) in [5, 5.41) is 0.790. The third kappa shape index (κ3) is 3.99. The Hall–Kier alpha value is -2.47. The smallest absolute Gasteiger partial charge is 0.339 e. The molecule has 1 aromatic carbocycles. The van der Waals surface area contributed by atoms with E-state index in [2.05, 4.69) is 11.8 Å². The standard InChI is InChI=1S/C23H29N3O3/c1-15-7-6-11-26(13-15)22(27)16(2)29-23(28)21-17-8-4-5-9-19(17)24-20-10-12-25(3)14-18(20)21/h4-5,8-9,15-16H,6-7,10-14H2,1-3H3/t15-,16-/m1/s1. The Balaban J connectivity index is 1.63. The second kappa shape index (κ2) is 8.11. The number of rotatable bonds is 3. The van der Waals surface area contributed by atoms with Crippen molar-refractivity contribution in [2.75, 3.05) is 26.7 Å². The fraction of sp³-hybridized carbons (Fsp3) is 0.522. The Morgan fingerprint density at radius 3 is 2.83 bits per heavy atom. The van der Waals surface area contributed by atoms with Gasteiger partial charge in [0.15, 0.2) is 6.10 Å². The van der Waals surface area contributed by atoms with Crippen molar-refractivity contribution in [3.05, 3.63) is 41.1 Å². The highest BCUT2D eigenvalue weighted by molar-refractivity contribution is 6.05. The lowest BCUT2D eigenvalue weighted by Crippen LogP contribution is -2.45. The van der Waals surface area contributed by atoms with Gasteiger partial charge in [0.25, 0.3) is 5.91 Å². The quantitative estimate of drug-likeness (QED) is 0.748. The number of benzene rings is 1. The molecule has 2 aliphatic rings. The molecule has 1 fully saturated rings. The van der Waals surface area contributed by atoms with E-state index in [0.717, 1.165) is 61.1 Å². The summed E-state index contributed by atoms with van der Waals surface area (Å²) in [7, 11) is 2.04. The predicted octanol–water partition coefficient (Wildman–Crippen LogP) is 3.03. The molecule has 4 rings (SSSR count). The van der Waals surface area contributed by atoms with Crippen LogP contribution in [-0.2, 0) is 22.5 Å². The van der Waals surface area contributed by atoms with Gasteiger partial charge in [0.05, 0.1) is 11.1 Å². The van der Waals surface area contributed by atoms with E-state index in [-0.39, 0.29) is 5.91 Å². The fourth-order valence-electron chi connectivity index (χ4n) is 4.47. The first kappa shape index (κ1) is 19.8. The molecule has 2 aromatic rings. The third-order valence-corrected chi connectivity index (χ3v) is 6.04. The number of aromatic nitrogens is 1. The van der Waals surface area contributed by atoms with Crippen LogP contribution in [0.25, 0.3) is 10.9 Å². The molecule has 0 saturated carbocycles. The number of carbonyl (C=O) groups is 2. The van der Waals surface area contributed by atoms with Crippen molar-refractivity contribution in [1.29, 1.82) is 0 Å². The summed E-state index contributed by atoms with van der Waals surface area (Å²) in [6, 6.07) is 7.67. The first-order valence-corrected chi connectivity index (χ1v) is 10.5. The number of piperidine rings is 1. The monoisotopic (exact) mass is 395 g/mol. The summed E-state index contributed by atoms with van der Waals surface area (Å²) in [6.07, 6.45) is 2.15. The number of hydrogen-bond acceptors (Lipinski definition) is 5. The van der Waals surface area contributed by atoms with Gasteiger partial charge in [0, 0.05) is 49.2 Å². The number of likely N-dealkylation sites (N-methyl/N-ethyl adjacent to an activating group) is 1. The number of pyridine rings is 1. The van der Waals surface area contributed by atoms with Gasteiger partial charge in [0.2, 0.25) is 0 Å². The van der Waals surface area contributed by atoms with Crippen molar-refractivity contribution in [3.63, 3.8) is 0 Å². The van der Waals surface area contributed by atoms with Crippen molar-refractivity contribution in [2.24, 2.45) is 5.92 Å². The maximum atomic E-state index is 13.3. The first-order valence-electron chi connectivity index (χ1n) is 10.5. The van der Waals surface area contributed by atoms with Gasteiger partial charge in [0.1, 0.15) is 0 Å². The molecule has 2 atom stereocenters. The molecule has 0 spiro atoms. The number of esters is 1. The highest BCUT2D eigenvalue weighted by atomic mass is 16.5. The van der Waals surface area contributed by atoms with Gasteiger partial charge in [-0.05, 0) is 38.8 Å². The molecular weight excluding hydrogens is 366 g/mol. The molecule has 2 aliphatic heterocycles. The summed E-state index contributed by atoms with van der Waals surface area (Å²) in [5.74, 6) is -0.0439. The van der Waals surface area contributed by atoms with Gasteiger partial charge in [-0.1, -0.05) is 25.1 Å². The highest BCUT2D eigenvalue weighted by Gasteiger charge is 2.30. The summed E-state index contributed by atoms with van der Waals surface area (Å²) in [5.41, 5.74) is 3.24. The van der Waals surface area contributed by atoms with E-state index in [1.54, 1.807) is 6.92 Å². The van der Waals surface area contributed by atoms with Crippen LogP contribution in [0, 0.1) is 5.92 Å². The normalized spacial score (nSPS) is 20.9. The maximum absolute atomic E-state index is 13.3. The van der Waals surface area contributed by atoms with E-state index in [1.165, 1.54) is 0 Å². The number of carbonyl (C=O) groups excluding carboxylic acids is 2. The SMILES string of the molecule is C[C@@H]1CCCN(C(=O)[C@@H](C)OC(=O)c2c3c(nc4ccccc24)CCN(C)C3)C1. The molecule has 0 N–H and O–H groups in total. The Kier molecular flexibility index (Phi) is 5.54. The van der Waals surface area contributed by atoms with Gasteiger partial charge in [-0.25, -0.2) is 4.79 Å². The summed E-state index contributed by atoms with van der Waals surface area (Å²) in [6.45, 7) is 6.88. The van der Waals surface area contributed by atoms with E-state index in [4.69, 9.17) is 9.72 Å². The zero-order chi connectivity index (χ0) is 20.5. The lowest BCUT2D eigenvalue weighted by molar-refractivity contribution is -0.141. The van der Waals surface area contributed by atoms with Crippen molar-refractivity contribution < 1.29 is 14.3 Å². The first-order chi connectivity index (χ1) is 13.9. The van der Waals surface area contributed by atoms with Crippen LogP contribution in [0.3, 0.4) is 0 Å². The summed E-state index contributed by atoms with van der Waals surface area (Å²) < 4.78 is 5.72. The second-order valence-electron chi connectivity index (χ2n) is 8.50. The van der Waals surface area contributed by atoms with E-state index in [0.29, 0.717) is 18.0 Å². The summed E-state index contributed by atoms with van der Waals surface area (Å²) in [4.78, 5) is 34.9. The average Bonchev–Trinajstić information content (AvgIpc) is 2.71. The van der Waals surface area contributed by atoms with E-state index >= 15 is 0 Å². The molecular formula is C23H29N3O3. The van der Waals surface area contributed by atoms with Crippen LogP contribution in [0.15, 0.2) is 24.3 Å². The molecule has 1 amide bonds. The van der Waals surface area contributed by atoms with Gasteiger partial charge in [-0.2, -0.15) is 0 Å². The Morgan fingerprint density at radius 1 is 1.24 bits per heavy atom. The molecule has 6 nitrogen and oxygen atoms in total. The number of fused-ring (bicyclic) bond motifs is 2. The Morgan fingerprint density at radius 2 is 2.03 bits per heavy atom. The number of ether oxygens (including phenoxy) is 1. The van der Waals surface area contributed by atoms with Crippen LogP contribution >= 0.6 is 0 Å². The van der Waals surface area contributed by atoms with Crippen LogP contribution in [-0.4, -0.2) is 59.4 Å². The number of amides is 1. The Bertz CT molecular complexity index is 942. The van der Waals surface area contributed by atoms with Gasteiger partial charge in [-0.15, -0.1) is 0 Å². The van der Waals surface area contributed by atoms with E-state index in [1.807, 2.05) is 36.2 Å². The predicted molar refractivity (Wildman–Crippen MR) is 112 cm³/mol. The van der Waals surface area contributed by atoms with Crippen LogP contribution in [0.4, 0.5) is 0 Å². The molecule has 0 aliphatic carbocycles. The molecule has 0 radical (unpaired) electrons. The third-order valence-electron chi connectivity index (χ3n) is 6.04. The minimum Gasteiger partial charge on any atom is -0.449 e. The molecule has 3 heterocycles. The zero-order valence-corrected chi connectivity index (χ0v) is 17.5. The highest BCUT2D eigenvalue weighted by Crippen LogP contribution is 2.29. The molecule has 154 valence electrons. The molecule has 1 aromatic heterocycles. The van der Waals surface area contributed by atoms with Crippen molar-refractivity contribution in [1.82, 2.24) is 14.8 Å². The van der Waals surface area contributed by atoms with Crippen molar-refractivity contribution >= 4 is 22.8 Å². The topological polar surface area (TPSA) is 62.7 Å². The van der Waals surface area contributed by atoms with Crippen molar-refractivity contribution in [3.8, 4) is 0 Å². The Labute approximate surface area is 171 Å². The van der Waals surface area contributed by atoms with Gasteiger partial charge < -0.3 is 14.5 Å². The maximum Gasteiger partial charge on any atom is 0.339 e. The lowest BCUT2D eigenvalue weighted by Gasteiger charge is -2.32. The number of para-hydroxylation sites is 1. The number of likely N-dealkylation sites (tertiary alicyclic amines) is 1. The van der Waals surface area contributed by atoms with E-state index in [9.17, 15) is 9.59 Å². The minimum atomic E-state index is -0.795. The fourth-order valence-corrected chi connectivity index (χ4v) is 4.47. The molecule has 0 bridgehead atoms. The minimum absolute atomic E-state index is 0.103. The van der Waals surface area contributed by atoms with Gasteiger partial charge in [-0.3, -0.25) is 9.78 Å². The summed E-state index contributed by atoms with van der Waals surface area (Å²) >= 11 is 0. The van der Waals surface area contributed by atoms with Crippen molar-refractivity contribution in [2.45, 2.75) is 45.8 Å². The second-order valence-corrected chi connectivity index (χ2v) is 8.50. The van der Waals surface area contributed by atoms with Crippen LogP contribution < -0.4 is 0 Å². The van der Waals surface area contributed by atoms with Gasteiger partial charge >= 0.3 is 5.97 Å². The zero-order valence-electron chi connectivity index (χ0n) is 17.5. The number of hydrogen-bond donors (Lipinski definition) is 0. The largest absolute Gasteiger partial charge is 0.449 e. The molecule has 0 unspecified atom stereocenters. The van der Waals surface area contributed by atoms with E-state index < -0.39 is 12.1 Å².